The molecule has 1 atom stereocenters. The maximum Gasteiger partial charge on any atom is 0.250 e. The van der Waals surface area contributed by atoms with Gasteiger partial charge in [-0.05, 0) is 77.6 Å². The average molecular weight is 472 g/mol. The molecule has 0 bridgehead atoms. The zero-order valence-electron chi connectivity index (χ0n) is 19.0. The van der Waals surface area contributed by atoms with E-state index >= 15 is 4.39 Å². The Balaban J connectivity index is 1.83. The van der Waals surface area contributed by atoms with E-state index in [2.05, 4.69) is 16.9 Å². The van der Waals surface area contributed by atoms with Crippen molar-refractivity contribution in [2.24, 2.45) is 5.73 Å². The number of hydrogen-bond acceptors (Lipinski definition) is 3. The van der Waals surface area contributed by atoms with Gasteiger partial charge >= 0.3 is 0 Å². The zero-order chi connectivity index (χ0) is 24.9. The Labute approximate surface area is 200 Å². The maximum atomic E-state index is 15.8. The summed E-state index contributed by atoms with van der Waals surface area (Å²) in [6.45, 7) is 5.97. The van der Waals surface area contributed by atoms with Crippen molar-refractivity contribution in [1.29, 1.82) is 0 Å². The molecule has 0 fully saturated rings. The lowest BCUT2D eigenvalue weighted by Crippen LogP contribution is -2.34. The summed E-state index contributed by atoms with van der Waals surface area (Å²) in [5, 5.41) is 3.73. The molecule has 0 aliphatic carbocycles. The van der Waals surface area contributed by atoms with Crippen molar-refractivity contribution in [1.82, 2.24) is 10.3 Å². The van der Waals surface area contributed by atoms with Crippen LogP contribution in [0.1, 0.15) is 33.1 Å². The quantitative estimate of drug-likeness (QED) is 0.353. The summed E-state index contributed by atoms with van der Waals surface area (Å²) in [5.74, 6) is -1.88. The minimum Gasteiger partial charge on any atom is -0.366 e. The highest BCUT2D eigenvalue weighted by atomic mass is 19.1. The van der Waals surface area contributed by atoms with E-state index in [1.54, 1.807) is 18.2 Å². The molecule has 7 heteroatoms. The molecule has 1 amide bonds. The molecule has 3 aromatic carbocycles. The fraction of sp³-hybridized carbons (Fsp3) is 0.143. The number of amides is 1. The second kappa shape index (κ2) is 8.60. The van der Waals surface area contributed by atoms with Crippen molar-refractivity contribution in [3.8, 4) is 22.4 Å². The second-order valence-corrected chi connectivity index (χ2v) is 8.64. The molecule has 35 heavy (non-hydrogen) atoms. The highest BCUT2D eigenvalue weighted by Gasteiger charge is 2.29. The van der Waals surface area contributed by atoms with Gasteiger partial charge in [0, 0.05) is 23.2 Å². The van der Waals surface area contributed by atoms with Gasteiger partial charge in [-0.15, -0.1) is 0 Å². The Bertz CT molecular complexity index is 1520. The molecule has 1 aliphatic heterocycles. The van der Waals surface area contributed by atoms with E-state index in [0.29, 0.717) is 51.8 Å². The summed E-state index contributed by atoms with van der Waals surface area (Å²) >= 11 is 0. The van der Waals surface area contributed by atoms with Crippen molar-refractivity contribution in [2.75, 3.05) is 6.54 Å². The van der Waals surface area contributed by atoms with Gasteiger partial charge in [0.2, 0.25) is 0 Å². The minimum absolute atomic E-state index is 0.0314. The molecular weight excluding hydrogens is 448 g/mol. The van der Waals surface area contributed by atoms with E-state index in [9.17, 15) is 14.0 Å². The topological polar surface area (TPSA) is 88.0 Å². The largest absolute Gasteiger partial charge is 0.366 e. The van der Waals surface area contributed by atoms with Gasteiger partial charge in [-0.25, -0.2) is 8.78 Å². The number of halogens is 2. The normalized spacial score (nSPS) is 15.1. The first-order chi connectivity index (χ1) is 16.8. The lowest BCUT2D eigenvalue weighted by atomic mass is 9.84. The molecule has 5 nitrogen and oxygen atoms in total. The number of carbonyl (C=O) groups excluding carboxylic acids is 2. The molecule has 0 spiro atoms. The van der Waals surface area contributed by atoms with E-state index in [-0.39, 0.29) is 17.2 Å². The second-order valence-electron chi connectivity index (χ2n) is 8.64. The average Bonchev–Trinajstić information content (AvgIpc) is 3.19. The summed E-state index contributed by atoms with van der Waals surface area (Å²) < 4.78 is 29.3. The van der Waals surface area contributed by atoms with Gasteiger partial charge in [-0.2, -0.15) is 0 Å². The molecular formula is C28H23F2N3O2. The Morgan fingerprint density at radius 2 is 1.89 bits per heavy atom. The minimum atomic E-state index is -0.761. The Hall–Kier alpha value is -4.10. The van der Waals surface area contributed by atoms with Crippen LogP contribution in [0.4, 0.5) is 8.78 Å². The molecule has 1 unspecified atom stereocenters. The number of rotatable bonds is 5. The Morgan fingerprint density at radius 3 is 2.57 bits per heavy atom. The number of aryl methyl sites for hydroxylation is 1. The first kappa shape index (κ1) is 22.7. The maximum absolute atomic E-state index is 15.8. The molecule has 5 rings (SSSR count). The molecule has 0 saturated heterocycles. The van der Waals surface area contributed by atoms with Crippen molar-refractivity contribution in [3.05, 3.63) is 95.1 Å². The van der Waals surface area contributed by atoms with Gasteiger partial charge in [-0.3, -0.25) is 9.59 Å². The molecule has 1 aliphatic rings. The predicted octanol–water partition coefficient (Wildman–Crippen LogP) is 5.13. The van der Waals surface area contributed by atoms with Gasteiger partial charge in [0.1, 0.15) is 11.6 Å². The number of aromatic amines is 1. The smallest absolute Gasteiger partial charge is 0.250 e. The van der Waals surface area contributed by atoms with Crippen molar-refractivity contribution in [2.45, 2.75) is 19.4 Å². The number of benzene rings is 3. The number of carbonyl (C=O) groups is 2. The van der Waals surface area contributed by atoms with Crippen molar-refractivity contribution >= 4 is 22.6 Å². The third kappa shape index (κ3) is 3.65. The zero-order valence-corrected chi connectivity index (χ0v) is 19.0. The fourth-order valence-electron chi connectivity index (χ4n) is 5.07. The fourth-order valence-corrected chi connectivity index (χ4v) is 5.07. The Morgan fingerprint density at radius 1 is 1.14 bits per heavy atom. The van der Waals surface area contributed by atoms with Crippen LogP contribution in [-0.4, -0.2) is 23.2 Å². The SMILES string of the molecule is C=CC(=O)C1NCCc2c(-c3c(F)cc(C(N)=O)c4[nH]c(-c5ccc(F)cc5)c(C)c34)cccc21. The molecule has 4 aromatic rings. The van der Waals surface area contributed by atoms with Crippen LogP contribution in [0.25, 0.3) is 33.3 Å². The number of hydrogen-bond donors (Lipinski definition) is 3. The number of nitrogens with two attached hydrogens (primary N) is 1. The number of H-pyrrole nitrogens is 1. The van der Waals surface area contributed by atoms with E-state index < -0.39 is 17.8 Å². The van der Waals surface area contributed by atoms with Crippen LogP contribution >= 0.6 is 0 Å². The van der Waals surface area contributed by atoms with E-state index in [0.717, 1.165) is 17.2 Å². The van der Waals surface area contributed by atoms with Gasteiger partial charge in [0.15, 0.2) is 5.78 Å². The summed E-state index contributed by atoms with van der Waals surface area (Å²) in [5.41, 5.74) is 10.7. The van der Waals surface area contributed by atoms with Gasteiger partial charge in [-0.1, -0.05) is 24.8 Å². The van der Waals surface area contributed by atoms with Crippen LogP contribution in [0.5, 0.6) is 0 Å². The molecule has 1 aromatic heterocycles. The van der Waals surface area contributed by atoms with Crippen LogP contribution in [-0.2, 0) is 11.2 Å². The van der Waals surface area contributed by atoms with Gasteiger partial charge < -0.3 is 16.0 Å². The van der Waals surface area contributed by atoms with Crippen LogP contribution in [0.3, 0.4) is 0 Å². The number of fused-ring (bicyclic) bond motifs is 2. The Kier molecular flexibility index (Phi) is 5.57. The summed E-state index contributed by atoms with van der Waals surface area (Å²) in [6, 6.07) is 12.0. The lowest BCUT2D eigenvalue weighted by molar-refractivity contribution is -0.116. The monoisotopic (exact) mass is 471 g/mol. The van der Waals surface area contributed by atoms with Crippen molar-refractivity contribution < 1.29 is 18.4 Å². The van der Waals surface area contributed by atoms with Crippen LogP contribution in [0.15, 0.2) is 61.2 Å². The molecule has 4 N–H and O–H groups in total. The highest BCUT2D eigenvalue weighted by molar-refractivity contribution is 6.12. The number of aromatic nitrogens is 1. The molecule has 0 radical (unpaired) electrons. The van der Waals surface area contributed by atoms with Crippen molar-refractivity contribution in [3.63, 3.8) is 0 Å². The van der Waals surface area contributed by atoms with E-state index in [4.69, 9.17) is 5.73 Å². The summed E-state index contributed by atoms with van der Waals surface area (Å²) in [6.07, 6.45) is 1.88. The van der Waals surface area contributed by atoms with Crippen LogP contribution in [0, 0.1) is 18.6 Å². The third-order valence-corrected chi connectivity index (χ3v) is 6.68. The highest BCUT2D eigenvalue weighted by Crippen LogP contribution is 2.42. The van der Waals surface area contributed by atoms with Gasteiger partial charge in [0.25, 0.3) is 5.91 Å². The first-order valence-electron chi connectivity index (χ1n) is 11.2. The number of ketones is 1. The van der Waals surface area contributed by atoms with Gasteiger partial charge in [0.05, 0.1) is 17.1 Å². The standard InChI is InChI=1S/C28H23F2N3O2/c1-3-22(34)26-19-6-4-5-18(17(19)11-12-32-26)24-21(30)13-20(28(31)35)27-23(24)14(2)25(33-27)15-7-9-16(29)10-8-15/h3-10,13,26,32-33H,1,11-12H2,2H3,(H2,31,35). The van der Waals surface area contributed by atoms with Crippen LogP contribution in [0.2, 0.25) is 0 Å². The lowest BCUT2D eigenvalue weighted by Gasteiger charge is -2.27. The molecule has 0 saturated carbocycles. The third-order valence-electron chi connectivity index (χ3n) is 6.68. The number of primary amides is 1. The number of nitrogens with one attached hydrogen (secondary N) is 2. The van der Waals surface area contributed by atoms with Crippen LogP contribution < -0.4 is 11.1 Å². The molecule has 2 heterocycles. The molecule has 176 valence electrons. The predicted molar refractivity (Wildman–Crippen MR) is 132 cm³/mol. The van der Waals surface area contributed by atoms with E-state index in [1.807, 2.05) is 19.1 Å². The summed E-state index contributed by atoms with van der Waals surface area (Å²) in [7, 11) is 0. The first-order valence-corrected chi connectivity index (χ1v) is 11.2. The van der Waals surface area contributed by atoms with E-state index in [1.165, 1.54) is 18.2 Å². The summed E-state index contributed by atoms with van der Waals surface area (Å²) in [4.78, 5) is 27.9.